The van der Waals surface area contributed by atoms with E-state index in [1.807, 2.05) is 20.8 Å². The molecule has 0 saturated carbocycles. The average Bonchev–Trinajstić information content (AvgIpc) is 2.77. The molecule has 0 saturated heterocycles. The number of aromatic nitrogens is 1. The molecule has 0 aliphatic carbocycles. The predicted molar refractivity (Wildman–Crippen MR) is 78.2 cm³/mol. The van der Waals surface area contributed by atoms with Crippen molar-refractivity contribution in [3.63, 3.8) is 0 Å². The summed E-state index contributed by atoms with van der Waals surface area (Å²) >= 11 is 6.68. The van der Waals surface area contributed by atoms with Crippen LogP contribution < -0.4 is 0 Å². The van der Waals surface area contributed by atoms with Gasteiger partial charge < -0.3 is 5.11 Å². The van der Waals surface area contributed by atoms with Gasteiger partial charge in [-0.15, -0.1) is 11.3 Å². The van der Waals surface area contributed by atoms with E-state index in [2.05, 4.69) is 4.98 Å². The summed E-state index contributed by atoms with van der Waals surface area (Å²) in [6, 6.07) is 4.33. The number of benzene rings is 1. The highest BCUT2D eigenvalue weighted by Gasteiger charge is 2.27. The summed E-state index contributed by atoms with van der Waals surface area (Å²) in [7, 11) is 0. The van der Waals surface area contributed by atoms with Crippen molar-refractivity contribution < 1.29 is 14.3 Å². The molecule has 0 bridgehead atoms. The van der Waals surface area contributed by atoms with E-state index < -0.39 is 17.2 Å². The summed E-state index contributed by atoms with van der Waals surface area (Å²) in [5.74, 6) is -1.57. The van der Waals surface area contributed by atoms with Crippen LogP contribution in [0.5, 0.6) is 0 Å². The molecular formula is C14H13ClFNO2S. The summed E-state index contributed by atoms with van der Waals surface area (Å²) in [5, 5.41) is 9.77. The van der Waals surface area contributed by atoms with Gasteiger partial charge in [0.25, 0.3) is 0 Å². The Labute approximate surface area is 125 Å². The first kappa shape index (κ1) is 14.9. The number of thiazole rings is 1. The number of carboxylic acids is 1. The topological polar surface area (TPSA) is 50.2 Å². The molecule has 0 atom stereocenters. The van der Waals surface area contributed by atoms with Gasteiger partial charge in [0.1, 0.15) is 15.7 Å². The average molecular weight is 314 g/mol. The molecule has 1 aromatic carbocycles. The molecule has 0 fully saturated rings. The molecule has 6 heteroatoms. The van der Waals surface area contributed by atoms with Crippen LogP contribution in [0.4, 0.5) is 4.39 Å². The number of carbonyl (C=O) groups is 1. The van der Waals surface area contributed by atoms with Gasteiger partial charge in [-0.1, -0.05) is 38.4 Å². The summed E-state index contributed by atoms with van der Waals surface area (Å²) < 4.78 is 13.5. The van der Waals surface area contributed by atoms with Gasteiger partial charge >= 0.3 is 5.97 Å². The number of hydrogen-bond donors (Lipinski definition) is 1. The Balaban J connectivity index is 2.58. The zero-order chi connectivity index (χ0) is 15.1. The van der Waals surface area contributed by atoms with Crippen LogP contribution in [0.15, 0.2) is 18.2 Å². The van der Waals surface area contributed by atoms with Crippen LogP contribution in [-0.2, 0) is 5.41 Å². The van der Waals surface area contributed by atoms with Gasteiger partial charge in [-0.05, 0) is 12.1 Å². The molecule has 1 heterocycles. The first-order valence-corrected chi connectivity index (χ1v) is 7.09. The van der Waals surface area contributed by atoms with Crippen molar-refractivity contribution in [3.8, 4) is 10.6 Å². The fourth-order valence-corrected chi connectivity index (χ4v) is 2.95. The molecule has 106 valence electrons. The van der Waals surface area contributed by atoms with Crippen molar-refractivity contribution >= 4 is 28.9 Å². The second-order valence-corrected chi connectivity index (χ2v) is 6.79. The number of rotatable bonds is 2. The Bertz CT molecular complexity index is 676. The molecule has 1 aromatic heterocycles. The Kier molecular flexibility index (Phi) is 3.84. The van der Waals surface area contributed by atoms with Crippen LogP contribution in [0.3, 0.4) is 0 Å². The Hall–Kier alpha value is -1.46. The van der Waals surface area contributed by atoms with Crippen molar-refractivity contribution in [2.45, 2.75) is 26.2 Å². The second kappa shape index (κ2) is 5.14. The van der Waals surface area contributed by atoms with Crippen LogP contribution in [0.25, 0.3) is 10.6 Å². The molecule has 20 heavy (non-hydrogen) atoms. The first-order chi connectivity index (χ1) is 9.20. The summed E-state index contributed by atoms with van der Waals surface area (Å²) in [5.41, 5.74) is 0.628. The lowest BCUT2D eigenvalue weighted by atomic mass is 9.91. The number of halogens is 2. The van der Waals surface area contributed by atoms with E-state index in [1.54, 1.807) is 6.07 Å². The van der Waals surface area contributed by atoms with Crippen molar-refractivity contribution in [3.05, 3.63) is 39.6 Å². The van der Waals surface area contributed by atoms with Crippen LogP contribution >= 0.6 is 22.9 Å². The summed E-state index contributed by atoms with van der Waals surface area (Å²) in [6.07, 6.45) is 0. The molecule has 0 spiro atoms. The lowest BCUT2D eigenvalue weighted by Crippen LogP contribution is -2.16. The van der Waals surface area contributed by atoms with Crippen molar-refractivity contribution in [2.75, 3.05) is 0 Å². The molecule has 0 aliphatic rings. The Morgan fingerprint density at radius 3 is 2.50 bits per heavy atom. The normalized spacial score (nSPS) is 11.7. The van der Waals surface area contributed by atoms with E-state index in [0.717, 1.165) is 11.3 Å². The molecule has 0 radical (unpaired) electrons. The third-order valence-electron chi connectivity index (χ3n) is 2.70. The molecule has 0 unspecified atom stereocenters. The molecule has 2 aromatic rings. The maximum atomic E-state index is 13.5. The molecule has 0 aliphatic heterocycles. The first-order valence-electron chi connectivity index (χ1n) is 5.90. The van der Waals surface area contributed by atoms with Gasteiger partial charge in [-0.2, -0.15) is 0 Å². The highest BCUT2D eigenvalue weighted by molar-refractivity contribution is 7.17. The van der Waals surface area contributed by atoms with Gasteiger partial charge in [-0.25, -0.2) is 14.2 Å². The number of hydrogen-bond acceptors (Lipinski definition) is 3. The van der Waals surface area contributed by atoms with Crippen molar-refractivity contribution in [1.82, 2.24) is 4.98 Å². The predicted octanol–water partition coefficient (Wildman–Crippen LogP) is 4.60. The Morgan fingerprint density at radius 2 is 2.05 bits per heavy atom. The minimum Gasteiger partial charge on any atom is -0.477 e. The van der Waals surface area contributed by atoms with Crippen LogP contribution in [0.1, 0.15) is 36.1 Å². The fourth-order valence-electron chi connectivity index (χ4n) is 1.73. The lowest BCUT2D eigenvalue weighted by molar-refractivity contribution is 0.0699. The van der Waals surface area contributed by atoms with E-state index >= 15 is 0 Å². The molecule has 0 amide bonds. The minimum atomic E-state index is -1.02. The van der Waals surface area contributed by atoms with Gasteiger partial charge in [0.15, 0.2) is 0 Å². The maximum absolute atomic E-state index is 13.5. The smallest absolute Gasteiger partial charge is 0.347 e. The monoisotopic (exact) mass is 313 g/mol. The number of carboxylic acid groups (broad SMARTS) is 1. The largest absolute Gasteiger partial charge is 0.477 e. The van der Waals surface area contributed by atoms with E-state index in [1.165, 1.54) is 12.1 Å². The minimum absolute atomic E-state index is 0.0276. The second-order valence-electron chi connectivity index (χ2n) is 5.38. The third-order valence-corrected chi connectivity index (χ3v) is 4.10. The van der Waals surface area contributed by atoms with Crippen LogP contribution in [-0.4, -0.2) is 16.1 Å². The molecule has 2 rings (SSSR count). The lowest BCUT2D eigenvalue weighted by Gasteiger charge is -2.16. The number of aromatic carboxylic acids is 1. The van der Waals surface area contributed by atoms with E-state index in [4.69, 9.17) is 11.6 Å². The van der Waals surface area contributed by atoms with Gasteiger partial charge in [0, 0.05) is 11.0 Å². The fraction of sp³-hybridized carbons (Fsp3) is 0.286. The zero-order valence-corrected chi connectivity index (χ0v) is 12.8. The van der Waals surface area contributed by atoms with E-state index in [9.17, 15) is 14.3 Å². The molecular weight excluding hydrogens is 301 g/mol. The highest BCUT2D eigenvalue weighted by Crippen LogP contribution is 2.35. The number of nitrogens with zero attached hydrogens (tertiary/aromatic N) is 1. The quantitative estimate of drug-likeness (QED) is 0.881. The molecule has 3 nitrogen and oxygen atoms in total. The summed E-state index contributed by atoms with van der Waals surface area (Å²) in [4.78, 5) is 15.9. The standard InChI is InChI=1S/C14H13ClFNO2S/c1-14(2,3)11-10(13(18)19)20-12(17-11)7-4-5-8(15)9(16)6-7/h4-6H,1-3H3,(H,18,19). The van der Waals surface area contributed by atoms with Crippen molar-refractivity contribution in [2.24, 2.45) is 0 Å². The maximum Gasteiger partial charge on any atom is 0.347 e. The summed E-state index contributed by atoms with van der Waals surface area (Å²) in [6.45, 7) is 5.67. The van der Waals surface area contributed by atoms with E-state index in [-0.39, 0.29) is 9.90 Å². The SMILES string of the molecule is CC(C)(C)c1nc(-c2ccc(Cl)c(F)c2)sc1C(=O)O. The Morgan fingerprint density at radius 1 is 1.40 bits per heavy atom. The van der Waals surface area contributed by atoms with Gasteiger partial charge in [0.05, 0.1) is 10.7 Å². The molecule has 1 N–H and O–H groups in total. The third kappa shape index (κ3) is 2.83. The zero-order valence-electron chi connectivity index (χ0n) is 11.2. The van der Waals surface area contributed by atoms with Gasteiger partial charge in [-0.3, -0.25) is 0 Å². The van der Waals surface area contributed by atoms with Crippen LogP contribution in [0, 0.1) is 5.82 Å². The van der Waals surface area contributed by atoms with Crippen LogP contribution in [0.2, 0.25) is 5.02 Å². The van der Waals surface area contributed by atoms with E-state index in [0.29, 0.717) is 16.3 Å². The van der Waals surface area contributed by atoms with Gasteiger partial charge in [0.2, 0.25) is 0 Å². The highest BCUT2D eigenvalue weighted by atomic mass is 35.5. The van der Waals surface area contributed by atoms with Crippen molar-refractivity contribution in [1.29, 1.82) is 0 Å².